The van der Waals surface area contributed by atoms with Crippen LogP contribution in [0.2, 0.25) is 0 Å². The summed E-state index contributed by atoms with van der Waals surface area (Å²) >= 11 is 0. The van der Waals surface area contributed by atoms with Gasteiger partial charge in [0.2, 0.25) is 5.91 Å². The molecule has 144 valence electrons. The summed E-state index contributed by atoms with van der Waals surface area (Å²) in [6, 6.07) is 9.98. The third-order valence-electron chi connectivity index (χ3n) is 4.42. The van der Waals surface area contributed by atoms with Gasteiger partial charge < -0.3 is 20.2 Å². The molecule has 7 heteroatoms. The van der Waals surface area contributed by atoms with E-state index in [0.29, 0.717) is 22.4 Å². The van der Waals surface area contributed by atoms with E-state index in [1.54, 1.807) is 12.1 Å². The molecule has 0 atom stereocenters. The van der Waals surface area contributed by atoms with Crippen LogP contribution in [0.1, 0.15) is 27.0 Å². The van der Waals surface area contributed by atoms with Crippen molar-refractivity contribution in [2.24, 2.45) is 5.73 Å². The van der Waals surface area contributed by atoms with Crippen LogP contribution in [-0.2, 0) is 20.7 Å². The summed E-state index contributed by atoms with van der Waals surface area (Å²) in [5, 5.41) is 3.44. The maximum atomic E-state index is 12.1. The SMILES string of the molecule is Cc1cc2occ(CC(=O)OCC(=O)Nc3ccc(C(N)=O)cc3)c2cc1C. The highest BCUT2D eigenvalue weighted by Gasteiger charge is 2.14. The standard InChI is InChI=1S/C21H20N2O5/c1-12-7-17-15(10-27-18(17)8-13(12)2)9-20(25)28-11-19(24)23-16-5-3-14(4-6-16)21(22)26/h3-8,10H,9,11H2,1-2H3,(H2,22,26)(H,23,24). The minimum absolute atomic E-state index is 0.0100. The van der Waals surface area contributed by atoms with Gasteiger partial charge in [0.05, 0.1) is 12.7 Å². The number of carbonyl (C=O) groups excluding carboxylic acids is 3. The van der Waals surface area contributed by atoms with E-state index in [1.165, 1.54) is 18.4 Å². The van der Waals surface area contributed by atoms with Crippen LogP contribution in [0.4, 0.5) is 5.69 Å². The highest BCUT2D eigenvalue weighted by molar-refractivity contribution is 5.95. The minimum atomic E-state index is -0.552. The van der Waals surface area contributed by atoms with Gasteiger partial charge in [-0.2, -0.15) is 0 Å². The molecule has 7 nitrogen and oxygen atoms in total. The van der Waals surface area contributed by atoms with Gasteiger partial charge in [0.25, 0.3) is 5.91 Å². The molecule has 3 aromatic rings. The van der Waals surface area contributed by atoms with Crippen LogP contribution in [0.25, 0.3) is 11.0 Å². The Hall–Kier alpha value is -3.61. The summed E-state index contributed by atoms with van der Waals surface area (Å²) in [6.45, 7) is 3.57. The third kappa shape index (κ3) is 4.37. The first-order valence-corrected chi connectivity index (χ1v) is 8.66. The Morgan fingerprint density at radius 2 is 1.75 bits per heavy atom. The number of carbonyl (C=O) groups is 3. The average Bonchev–Trinajstić information content (AvgIpc) is 3.02. The van der Waals surface area contributed by atoms with Crippen molar-refractivity contribution in [3.8, 4) is 0 Å². The molecular weight excluding hydrogens is 360 g/mol. The number of nitrogens with one attached hydrogen (secondary N) is 1. The molecule has 0 unspecified atom stereocenters. The maximum Gasteiger partial charge on any atom is 0.310 e. The van der Waals surface area contributed by atoms with Gasteiger partial charge in [-0.3, -0.25) is 14.4 Å². The van der Waals surface area contributed by atoms with Crippen LogP contribution in [-0.4, -0.2) is 24.4 Å². The Balaban J connectivity index is 1.55. The second-order valence-corrected chi connectivity index (χ2v) is 6.52. The van der Waals surface area contributed by atoms with Crippen molar-refractivity contribution in [2.45, 2.75) is 20.3 Å². The molecule has 0 spiro atoms. The lowest BCUT2D eigenvalue weighted by Crippen LogP contribution is -2.21. The van der Waals surface area contributed by atoms with Gasteiger partial charge >= 0.3 is 5.97 Å². The molecule has 3 rings (SSSR count). The Bertz CT molecular complexity index is 1050. The number of primary amides is 1. The molecule has 0 saturated heterocycles. The molecule has 0 fully saturated rings. The fourth-order valence-electron chi connectivity index (χ4n) is 2.74. The maximum absolute atomic E-state index is 12.1. The number of hydrogen-bond acceptors (Lipinski definition) is 5. The average molecular weight is 380 g/mol. The second kappa shape index (κ2) is 7.96. The molecular formula is C21H20N2O5. The monoisotopic (exact) mass is 380 g/mol. The van der Waals surface area contributed by atoms with Gasteiger partial charge in [0, 0.05) is 22.2 Å². The predicted molar refractivity (Wildman–Crippen MR) is 104 cm³/mol. The quantitative estimate of drug-likeness (QED) is 0.639. The van der Waals surface area contributed by atoms with E-state index in [2.05, 4.69) is 5.32 Å². The molecule has 2 aromatic carbocycles. The largest absolute Gasteiger partial charge is 0.464 e. The molecule has 0 saturated carbocycles. The first-order valence-electron chi connectivity index (χ1n) is 8.66. The number of ether oxygens (including phenoxy) is 1. The Kier molecular flexibility index (Phi) is 5.44. The number of nitrogens with two attached hydrogens (primary N) is 1. The van der Waals surface area contributed by atoms with E-state index in [-0.39, 0.29) is 6.42 Å². The fourth-order valence-corrected chi connectivity index (χ4v) is 2.74. The number of aryl methyl sites for hydroxylation is 2. The van der Waals surface area contributed by atoms with Crippen LogP contribution in [0, 0.1) is 13.8 Å². The molecule has 0 aliphatic rings. The molecule has 0 aliphatic carbocycles. The minimum Gasteiger partial charge on any atom is -0.464 e. The summed E-state index contributed by atoms with van der Waals surface area (Å²) in [6.07, 6.45) is 1.54. The number of benzene rings is 2. The number of anilines is 1. The first kappa shape index (κ1) is 19.2. The molecule has 0 bridgehead atoms. The van der Waals surface area contributed by atoms with Crippen LogP contribution >= 0.6 is 0 Å². The summed E-state index contributed by atoms with van der Waals surface area (Å²) in [4.78, 5) is 35.1. The van der Waals surface area contributed by atoms with E-state index in [9.17, 15) is 14.4 Å². The van der Waals surface area contributed by atoms with Gasteiger partial charge in [0.1, 0.15) is 5.58 Å². The van der Waals surface area contributed by atoms with E-state index < -0.39 is 24.4 Å². The topological polar surface area (TPSA) is 112 Å². The normalized spacial score (nSPS) is 10.6. The molecule has 28 heavy (non-hydrogen) atoms. The van der Waals surface area contributed by atoms with Crippen LogP contribution in [0.5, 0.6) is 0 Å². The van der Waals surface area contributed by atoms with E-state index >= 15 is 0 Å². The van der Waals surface area contributed by atoms with Crippen molar-refractivity contribution >= 4 is 34.4 Å². The molecule has 1 aromatic heterocycles. The van der Waals surface area contributed by atoms with Crippen molar-refractivity contribution in [3.05, 3.63) is 64.9 Å². The zero-order chi connectivity index (χ0) is 20.3. The summed E-state index contributed by atoms with van der Waals surface area (Å²) in [5.41, 5.74) is 9.60. The van der Waals surface area contributed by atoms with Gasteiger partial charge in [-0.1, -0.05) is 0 Å². The Morgan fingerprint density at radius 1 is 1.07 bits per heavy atom. The van der Waals surface area contributed by atoms with Crippen molar-refractivity contribution < 1.29 is 23.5 Å². The highest BCUT2D eigenvalue weighted by atomic mass is 16.5. The van der Waals surface area contributed by atoms with Crippen molar-refractivity contribution in [1.29, 1.82) is 0 Å². The molecule has 2 amide bonds. The zero-order valence-electron chi connectivity index (χ0n) is 15.6. The van der Waals surface area contributed by atoms with E-state index in [4.69, 9.17) is 14.9 Å². The van der Waals surface area contributed by atoms with Crippen LogP contribution < -0.4 is 11.1 Å². The molecule has 0 aliphatic heterocycles. The van der Waals surface area contributed by atoms with Crippen molar-refractivity contribution in [1.82, 2.24) is 0 Å². The number of esters is 1. The van der Waals surface area contributed by atoms with Gasteiger partial charge in [0.15, 0.2) is 6.61 Å². The zero-order valence-corrected chi connectivity index (χ0v) is 15.6. The molecule has 3 N–H and O–H groups in total. The lowest BCUT2D eigenvalue weighted by Gasteiger charge is -2.07. The summed E-state index contributed by atoms with van der Waals surface area (Å²) < 4.78 is 10.5. The summed E-state index contributed by atoms with van der Waals surface area (Å²) in [7, 11) is 0. The number of furan rings is 1. The van der Waals surface area contributed by atoms with E-state index in [0.717, 1.165) is 16.5 Å². The number of amides is 2. The lowest BCUT2D eigenvalue weighted by molar-refractivity contribution is -0.146. The van der Waals surface area contributed by atoms with Gasteiger partial charge in [-0.05, 0) is 61.4 Å². The first-order chi connectivity index (χ1) is 13.3. The predicted octanol–water partition coefficient (Wildman–Crippen LogP) is 2.87. The smallest absolute Gasteiger partial charge is 0.310 e. The fraction of sp³-hybridized carbons (Fsp3) is 0.190. The number of hydrogen-bond donors (Lipinski definition) is 2. The van der Waals surface area contributed by atoms with Gasteiger partial charge in [-0.25, -0.2) is 0 Å². The molecule has 1 heterocycles. The third-order valence-corrected chi connectivity index (χ3v) is 4.42. The lowest BCUT2D eigenvalue weighted by atomic mass is 10.0. The Labute approximate surface area is 161 Å². The summed E-state index contributed by atoms with van der Waals surface area (Å²) in [5.74, 6) is -1.56. The van der Waals surface area contributed by atoms with Crippen LogP contribution in [0.15, 0.2) is 47.1 Å². The number of fused-ring (bicyclic) bond motifs is 1. The highest BCUT2D eigenvalue weighted by Crippen LogP contribution is 2.25. The number of rotatable bonds is 6. The molecule has 0 radical (unpaired) electrons. The van der Waals surface area contributed by atoms with E-state index in [1.807, 2.05) is 26.0 Å². The van der Waals surface area contributed by atoms with Crippen molar-refractivity contribution in [2.75, 3.05) is 11.9 Å². The van der Waals surface area contributed by atoms with Crippen molar-refractivity contribution in [3.63, 3.8) is 0 Å². The second-order valence-electron chi connectivity index (χ2n) is 6.52. The van der Waals surface area contributed by atoms with Crippen LogP contribution in [0.3, 0.4) is 0 Å². The van der Waals surface area contributed by atoms with Gasteiger partial charge in [-0.15, -0.1) is 0 Å². The Morgan fingerprint density at radius 3 is 2.43 bits per heavy atom.